The molecule has 0 aliphatic carbocycles. The van der Waals surface area contributed by atoms with Crippen molar-refractivity contribution >= 4 is 0 Å². The minimum absolute atomic E-state index is 0.117. The lowest BCUT2D eigenvalue weighted by atomic mass is 9.83. The molecule has 1 fully saturated rings. The molecule has 1 aromatic rings. The average Bonchev–Trinajstić information content (AvgIpc) is 2.46. The molecular formula is C17H26N2O3. The molecule has 0 unspecified atom stereocenters. The highest BCUT2D eigenvalue weighted by Gasteiger charge is 2.34. The van der Waals surface area contributed by atoms with Crippen LogP contribution in [0.5, 0.6) is 0 Å². The number of nitrogens with zero attached hydrogens (tertiary/aromatic N) is 2. The van der Waals surface area contributed by atoms with Crippen LogP contribution in [0.4, 0.5) is 0 Å². The molecule has 2 aliphatic heterocycles. The van der Waals surface area contributed by atoms with Gasteiger partial charge < -0.3 is 14.4 Å². The van der Waals surface area contributed by atoms with E-state index in [2.05, 4.69) is 11.0 Å². The van der Waals surface area contributed by atoms with Crippen molar-refractivity contribution in [3.8, 4) is 0 Å². The number of aliphatic hydroxyl groups is 1. The lowest BCUT2D eigenvalue weighted by molar-refractivity contribution is -0.0174. The molecule has 5 nitrogen and oxygen atoms in total. The van der Waals surface area contributed by atoms with Crippen molar-refractivity contribution in [2.75, 3.05) is 26.2 Å². The number of pyridine rings is 1. The van der Waals surface area contributed by atoms with Gasteiger partial charge in [0.2, 0.25) is 0 Å². The maximum atomic E-state index is 12.0. The minimum Gasteiger partial charge on any atom is -0.389 e. The van der Waals surface area contributed by atoms with E-state index < -0.39 is 6.10 Å². The third kappa shape index (κ3) is 3.42. The van der Waals surface area contributed by atoms with Gasteiger partial charge in [-0.2, -0.15) is 0 Å². The molecule has 1 aromatic heterocycles. The van der Waals surface area contributed by atoms with E-state index in [0.717, 1.165) is 31.7 Å². The molecule has 3 rings (SSSR count). The summed E-state index contributed by atoms with van der Waals surface area (Å²) in [5, 5.41) is 10.1. The zero-order valence-electron chi connectivity index (χ0n) is 13.4. The first kappa shape index (κ1) is 15.7. The summed E-state index contributed by atoms with van der Waals surface area (Å²) >= 11 is 0. The van der Waals surface area contributed by atoms with E-state index >= 15 is 0 Å². The number of ether oxygens (including phenoxy) is 1. The molecule has 2 aliphatic rings. The first-order valence-electron chi connectivity index (χ1n) is 8.24. The number of aromatic nitrogens is 1. The zero-order valence-corrected chi connectivity index (χ0v) is 13.4. The fraction of sp³-hybridized carbons (Fsp3) is 0.706. The minimum atomic E-state index is -0.445. The highest BCUT2D eigenvalue weighted by Crippen LogP contribution is 2.34. The normalized spacial score (nSPS) is 26.0. The summed E-state index contributed by atoms with van der Waals surface area (Å²) in [4.78, 5) is 14.3. The monoisotopic (exact) mass is 306 g/mol. The zero-order chi connectivity index (χ0) is 15.7. The Bertz CT molecular complexity index is 569. The van der Waals surface area contributed by atoms with Crippen LogP contribution in [0.15, 0.2) is 23.0 Å². The largest absolute Gasteiger partial charge is 0.389 e. The van der Waals surface area contributed by atoms with Gasteiger partial charge in [0.1, 0.15) is 0 Å². The maximum Gasteiger partial charge on any atom is 0.250 e. The average molecular weight is 306 g/mol. The molecule has 1 saturated heterocycles. The van der Waals surface area contributed by atoms with Crippen molar-refractivity contribution in [1.29, 1.82) is 0 Å². The van der Waals surface area contributed by atoms with Gasteiger partial charge in [-0.1, -0.05) is 6.07 Å². The van der Waals surface area contributed by atoms with E-state index in [1.807, 2.05) is 24.5 Å². The van der Waals surface area contributed by atoms with Gasteiger partial charge >= 0.3 is 0 Å². The Balaban J connectivity index is 1.65. The topological polar surface area (TPSA) is 54.7 Å². The van der Waals surface area contributed by atoms with E-state index in [9.17, 15) is 9.90 Å². The predicted molar refractivity (Wildman–Crippen MR) is 85.1 cm³/mol. The summed E-state index contributed by atoms with van der Waals surface area (Å²) in [6, 6.07) is 5.58. The van der Waals surface area contributed by atoms with Gasteiger partial charge in [0, 0.05) is 43.9 Å². The van der Waals surface area contributed by atoms with Crippen LogP contribution < -0.4 is 5.56 Å². The van der Waals surface area contributed by atoms with Crippen LogP contribution in [0.1, 0.15) is 31.9 Å². The number of β-amino-alcohol motifs (C(OH)–C–C–N with tert-alkyl or cyclic N) is 1. The van der Waals surface area contributed by atoms with Crippen LogP contribution in [0.25, 0.3) is 0 Å². The molecule has 0 spiro atoms. The van der Waals surface area contributed by atoms with Crippen molar-refractivity contribution < 1.29 is 9.84 Å². The van der Waals surface area contributed by atoms with Crippen molar-refractivity contribution in [3.05, 3.63) is 34.2 Å². The van der Waals surface area contributed by atoms with E-state index in [1.54, 1.807) is 6.07 Å². The van der Waals surface area contributed by atoms with Gasteiger partial charge in [0.05, 0.1) is 18.8 Å². The van der Waals surface area contributed by atoms with E-state index in [-0.39, 0.29) is 11.7 Å². The lowest BCUT2D eigenvalue weighted by Gasteiger charge is -2.43. The Morgan fingerprint density at radius 1 is 1.32 bits per heavy atom. The molecule has 122 valence electrons. The fourth-order valence-corrected chi connectivity index (χ4v) is 3.80. The molecule has 2 bridgehead atoms. The fourth-order valence-electron chi connectivity index (χ4n) is 3.80. The second-order valence-corrected chi connectivity index (χ2v) is 6.95. The number of likely N-dealkylation sites (tertiary alicyclic amines) is 1. The number of hydrogen-bond donors (Lipinski definition) is 1. The summed E-state index contributed by atoms with van der Waals surface area (Å²) < 4.78 is 7.43. The van der Waals surface area contributed by atoms with E-state index in [4.69, 9.17) is 4.74 Å². The summed E-state index contributed by atoms with van der Waals surface area (Å²) in [5.74, 6) is 0.907. The highest BCUT2D eigenvalue weighted by atomic mass is 16.5. The van der Waals surface area contributed by atoms with Crippen LogP contribution in [0, 0.1) is 5.92 Å². The van der Waals surface area contributed by atoms with Gasteiger partial charge in [-0.05, 0) is 32.3 Å². The lowest BCUT2D eigenvalue weighted by Crippen LogP contribution is -2.49. The van der Waals surface area contributed by atoms with Crippen molar-refractivity contribution in [3.63, 3.8) is 0 Å². The van der Waals surface area contributed by atoms with Crippen molar-refractivity contribution in [2.24, 2.45) is 5.92 Å². The van der Waals surface area contributed by atoms with Crippen LogP contribution in [0.2, 0.25) is 0 Å². The summed E-state index contributed by atoms with van der Waals surface area (Å²) in [7, 11) is 0. The van der Waals surface area contributed by atoms with Gasteiger partial charge in [-0.15, -0.1) is 0 Å². The first-order valence-corrected chi connectivity index (χ1v) is 8.24. The molecule has 0 aromatic carbocycles. The molecule has 1 N–H and O–H groups in total. The Kier molecular flexibility index (Phi) is 4.66. The Morgan fingerprint density at radius 2 is 2.14 bits per heavy atom. The smallest absolute Gasteiger partial charge is 0.250 e. The number of piperidine rings is 1. The predicted octanol–water partition coefficient (Wildman–Crippen LogP) is 1.05. The number of fused-ring (bicyclic) bond motifs is 4. The van der Waals surface area contributed by atoms with Gasteiger partial charge in [-0.3, -0.25) is 9.69 Å². The van der Waals surface area contributed by atoms with Gasteiger partial charge in [0.15, 0.2) is 0 Å². The Labute approximate surface area is 131 Å². The first-order chi connectivity index (χ1) is 10.5. The maximum absolute atomic E-state index is 12.0. The third-order valence-electron chi connectivity index (χ3n) is 4.65. The highest BCUT2D eigenvalue weighted by molar-refractivity contribution is 5.16. The van der Waals surface area contributed by atoms with Crippen LogP contribution >= 0.6 is 0 Å². The molecular weight excluding hydrogens is 280 g/mol. The summed E-state index contributed by atoms with van der Waals surface area (Å²) in [6.07, 6.45) is 0.853. The standard InChI is InChI=1S/C17H26N2O3/c1-12(2)22-11-15(20)10-18-7-13-6-14(9-18)16-4-3-5-17(21)19(16)8-13/h3-5,12-15,20H,6-11H2,1-2H3/t13-,14-,15+/m1/s1. The molecule has 0 saturated carbocycles. The SMILES string of the molecule is CC(C)OC[C@@H](O)CN1C[C@H]2C[C@H](C1)c1cccc(=O)n1C2. The molecule has 3 atom stereocenters. The van der Waals surface area contributed by atoms with Gasteiger partial charge in [-0.25, -0.2) is 0 Å². The number of rotatable bonds is 5. The molecule has 5 heteroatoms. The molecule has 0 radical (unpaired) electrons. The number of hydrogen-bond acceptors (Lipinski definition) is 4. The molecule has 0 amide bonds. The van der Waals surface area contributed by atoms with Crippen LogP contribution in [-0.2, 0) is 11.3 Å². The summed E-state index contributed by atoms with van der Waals surface area (Å²) in [5.41, 5.74) is 1.27. The number of aliphatic hydroxyl groups excluding tert-OH is 1. The third-order valence-corrected chi connectivity index (χ3v) is 4.65. The molecule has 22 heavy (non-hydrogen) atoms. The van der Waals surface area contributed by atoms with Crippen molar-refractivity contribution in [2.45, 2.75) is 44.9 Å². The van der Waals surface area contributed by atoms with E-state index in [1.165, 1.54) is 0 Å². The second kappa shape index (κ2) is 6.52. The van der Waals surface area contributed by atoms with Crippen LogP contribution in [0.3, 0.4) is 0 Å². The summed E-state index contributed by atoms with van der Waals surface area (Å²) in [6.45, 7) is 7.67. The molecule has 3 heterocycles. The quantitative estimate of drug-likeness (QED) is 0.883. The Hall–Kier alpha value is -1.17. The Morgan fingerprint density at radius 3 is 2.91 bits per heavy atom. The van der Waals surface area contributed by atoms with Crippen LogP contribution in [-0.4, -0.2) is 53.0 Å². The second-order valence-electron chi connectivity index (χ2n) is 6.95. The van der Waals surface area contributed by atoms with Crippen molar-refractivity contribution in [1.82, 2.24) is 9.47 Å². The van der Waals surface area contributed by atoms with Gasteiger partial charge in [0.25, 0.3) is 5.56 Å². The van der Waals surface area contributed by atoms with E-state index in [0.29, 0.717) is 25.0 Å².